The lowest BCUT2D eigenvalue weighted by Crippen LogP contribution is -2.15. The van der Waals surface area contributed by atoms with Crippen LogP contribution in [-0.4, -0.2) is 30.5 Å². The van der Waals surface area contributed by atoms with Gasteiger partial charge in [-0.1, -0.05) is 23.9 Å². The van der Waals surface area contributed by atoms with E-state index in [4.69, 9.17) is 18.7 Å². The van der Waals surface area contributed by atoms with E-state index >= 15 is 0 Å². The zero-order chi connectivity index (χ0) is 18.4. The van der Waals surface area contributed by atoms with Crippen molar-refractivity contribution >= 4 is 0 Å². The summed E-state index contributed by atoms with van der Waals surface area (Å²) in [6.07, 6.45) is 1.91. The molecule has 0 radical (unpaired) electrons. The van der Waals surface area contributed by atoms with Gasteiger partial charge in [-0.3, -0.25) is 0 Å². The normalized spacial score (nSPS) is 16.6. The fourth-order valence-corrected chi connectivity index (χ4v) is 2.77. The van der Waals surface area contributed by atoms with Crippen LogP contribution in [0.1, 0.15) is 43.1 Å². The maximum absolute atomic E-state index is 5.86. The van der Waals surface area contributed by atoms with Gasteiger partial charge in [0.2, 0.25) is 0 Å². The first kappa shape index (κ1) is 18.4. The van der Waals surface area contributed by atoms with Crippen LogP contribution in [0.15, 0.2) is 34.9 Å². The van der Waals surface area contributed by atoms with Gasteiger partial charge in [-0.15, -0.1) is 0 Å². The van der Waals surface area contributed by atoms with Crippen LogP contribution in [0.2, 0.25) is 0 Å². The highest BCUT2D eigenvalue weighted by Gasteiger charge is 2.23. The Balaban J connectivity index is 1.59. The third-order valence-corrected chi connectivity index (χ3v) is 4.03. The second-order valence-corrected chi connectivity index (χ2v) is 6.35. The standard InChI is InChI=1S/C19H25N3O4/c1-13(2)12-25-18-14(6-4-7-15(18)23-3)10-20-11-17-21-19(26-22-17)16-8-5-9-24-16/h4,6-7,16,20H,1,5,8-12H2,2-3H3/t16-/m0/s1. The van der Waals surface area contributed by atoms with Crippen LogP contribution in [0, 0.1) is 0 Å². The van der Waals surface area contributed by atoms with E-state index in [0.29, 0.717) is 37.2 Å². The van der Waals surface area contributed by atoms with Gasteiger partial charge in [-0.25, -0.2) is 0 Å². The van der Waals surface area contributed by atoms with Gasteiger partial charge in [0.25, 0.3) is 5.89 Å². The van der Waals surface area contributed by atoms with Crippen LogP contribution in [0.5, 0.6) is 11.5 Å². The summed E-state index contributed by atoms with van der Waals surface area (Å²) < 4.78 is 22.1. The summed E-state index contributed by atoms with van der Waals surface area (Å²) in [6.45, 7) is 8.08. The first-order valence-corrected chi connectivity index (χ1v) is 8.75. The van der Waals surface area contributed by atoms with Gasteiger partial charge in [0.15, 0.2) is 17.3 Å². The number of ether oxygens (including phenoxy) is 3. The van der Waals surface area contributed by atoms with Gasteiger partial charge in [-0.2, -0.15) is 4.98 Å². The van der Waals surface area contributed by atoms with E-state index in [1.54, 1.807) is 7.11 Å². The summed E-state index contributed by atoms with van der Waals surface area (Å²) in [6, 6.07) is 5.81. The molecular formula is C19H25N3O4. The predicted octanol–water partition coefficient (Wildman–Crippen LogP) is 3.17. The lowest BCUT2D eigenvalue weighted by atomic mass is 10.2. The van der Waals surface area contributed by atoms with Crippen molar-refractivity contribution in [2.75, 3.05) is 20.3 Å². The summed E-state index contributed by atoms with van der Waals surface area (Å²) in [5.41, 5.74) is 1.94. The topological polar surface area (TPSA) is 78.6 Å². The number of para-hydroxylation sites is 1. The van der Waals surface area contributed by atoms with Crippen LogP contribution in [-0.2, 0) is 17.8 Å². The molecule has 2 heterocycles. The van der Waals surface area contributed by atoms with Crippen molar-refractivity contribution in [3.8, 4) is 11.5 Å². The molecule has 0 aliphatic carbocycles. The van der Waals surface area contributed by atoms with Gasteiger partial charge in [0.05, 0.1) is 13.7 Å². The van der Waals surface area contributed by atoms with Gasteiger partial charge < -0.3 is 24.1 Å². The Morgan fingerprint density at radius 2 is 2.27 bits per heavy atom. The van der Waals surface area contributed by atoms with Crippen LogP contribution in [0.25, 0.3) is 0 Å². The Kier molecular flexibility index (Phi) is 6.25. The van der Waals surface area contributed by atoms with Gasteiger partial charge >= 0.3 is 0 Å². The summed E-state index contributed by atoms with van der Waals surface area (Å²) in [5.74, 6) is 2.60. The minimum absolute atomic E-state index is 0.0585. The number of hydrogen-bond acceptors (Lipinski definition) is 7. The highest BCUT2D eigenvalue weighted by molar-refractivity contribution is 5.46. The number of rotatable bonds is 9. The van der Waals surface area contributed by atoms with Crippen molar-refractivity contribution in [1.29, 1.82) is 0 Å². The van der Waals surface area contributed by atoms with E-state index in [-0.39, 0.29) is 6.10 Å². The number of hydrogen-bond donors (Lipinski definition) is 1. The Hall–Kier alpha value is -2.38. The zero-order valence-corrected chi connectivity index (χ0v) is 15.3. The minimum Gasteiger partial charge on any atom is -0.493 e. The second-order valence-electron chi connectivity index (χ2n) is 6.35. The summed E-state index contributed by atoms with van der Waals surface area (Å²) in [5, 5.41) is 7.33. The average molecular weight is 359 g/mol. The number of aromatic nitrogens is 2. The lowest BCUT2D eigenvalue weighted by molar-refractivity contribution is 0.0835. The molecule has 0 amide bonds. The molecule has 0 spiro atoms. The van der Waals surface area contributed by atoms with Gasteiger partial charge in [0.1, 0.15) is 12.7 Å². The van der Waals surface area contributed by atoms with E-state index < -0.39 is 0 Å². The van der Waals surface area contributed by atoms with E-state index in [0.717, 1.165) is 36.3 Å². The Morgan fingerprint density at radius 1 is 1.38 bits per heavy atom. The fraction of sp³-hybridized carbons (Fsp3) is 0.474. The molecule has 0 saturated carbocycles. The van der Waals surface area contributed by atoms with E-state index in [1.165, 1.54) is 0 Å². The Labute approximate surface area is 153 Å². The molecule has 2 aromatic rings. The number of nitrogens with one attached hydrogen (secondary N) is 1. The van der Waals surface area contributed by atoms with E-state index in [9.17, 15) is 0 Å². The average Bonchev–Trinajstić information content (AvgIpc) is 3.31. The van der Waals surface area contributed by atoms with Crippen LogP contribution in [0.4, 0.5) is 0 Å². The molecule has 1 atom stereocenters. The minimum atomic E-state index is -0.0585. The first-order chi connectivity index (χ1) is 12.7. The third-order valence-electron chi connectivity index (χ3n) is 4.03. The molecule has 1 saturated heterocycles. The summed E-state index contributed by atoms with van der Waals surface area (Å²) >= 11 is 0. The monoisotopic (exact) mass is 359 g/mol. The number of nitrogens with zero attached hydrogens (tertiary/aromatic N) is 2. The van der Waals surface area contributed by atoms with Crippen LogP contribution in [0.3, 0.4) is 0 Å². The van der Waals surface area contributed by atoms with E-state index in [2.05, 4.69) is 22.0 Å². The number of benzene rings is 1. The Morgan fingerprint density at radius 3 is 3.00 bits per heavy atom. The summed E-state index contributed by atoms with van der Waals surface area (Å²) in [4.78, 5) is 4.41. The predicted molar refractivity (Wildman–Crippen MR) is 96.1 cm³/mol. The van der Waals surface area contributed by atoms with Crippen molar-refractivity contribution < 1.29 is 18.7 Å². The SMILES string of the molecule is C=C(C)COc1c(CNCc2noc([C@@H]3CCCO3)n2)cccc1OC. The van der Waals surface area contributed by atoms with Crippen molar-refractivity contribution in [2.45, 2.75) is 39.0 Å². The highest BCUT2D eigenvalue weighted by atomic mass is 16.5. The smallest absolute Gasteiger partial charge is 0.255 e. The molecule has 7 heteroatoms. The van der Waals surface area contributed by atoms with Crippen LogP contribution >= 0.6 is 0 Å². The first-order valence-electron chi connectivity index (χ1n) is 8.75. The lowest BCUT2D eigenvalue weighted by Gasteiger charge is -2.15. The molecule has 1 fully saturated rings. The maximum atomic E-state index is 5.86. The molecule has 0 bridgehead atoms. The molecule has 0 unspecified atom stereocenters. The molecule has 7 nitrogen and oxygen atoms in total. The maximum Gasteiger partial charge on any atom is 0.255 e. The Bertz CT molecular complexity index is 738. The summed E-state index contributed by atoms with van der Waals surface area (Å²) in [7, 11) is 1.63. The van der Waals surface area contributed by atoms with Crippen molar-refractivity contribution in [3.05, 3.63) is 47.6 Å². The third kappa shape index (κ3) is 4.62. The quantitative estimate of drug-likeness (QED) is 0.689. The molecule has 3 rings (SSSR count). The molecule has 140 valence electrons. The van der Waals surface area contributed by atoms with Crippen molar-refractivity contribution in [2.24, 2.45) is 0 Å². The van der Waals surface area contributed by atoms with Gasteiger partial charge in [0, 0.05) is 18.7 Å². The molecule has 1 aliphatic rings. The second kappa shape index (κ2) is 8.82. The molecule has 26 heavy (non-hydrogen) atoms. The molecule has 1 aromatic carbocycles. The molecule has 1 N–H and O–H groups in total. The van der Waals surface area contributed by atoms with Gasteiger partial charge in [-0.05, 0) is 31.4 Å². The van der Waals surface area contributed by atoms with Crippen LogP contribution < -0.4 is 14.8 Å². The zero-order valence-electron chi connectivity index (χ0n) is 15.3. The van der Waals surface area contributed by atoms with Crippen molar-refractivity contribution in [1.82, 2.24) is 15.5 Å². The fourth-order valence-electron chi connectivity index (χ4n) is 2.77. The van der Waals surface area contributed by atoms with E-state index in [1.807, 2.05) is 25.1 Å². The molecular weight excluding hydrogens is 334 g/mol. The highest BCUT2D eigenvalue weighted by Crippen LogP contribution is 2.31. The van der Waals surface area contributed by atoms with Crippen molar-refractivity contribution in [3.63, 3.8) is 0 Å². The molecule has 1 aromatic heterocycles. The number of methoxy groups -OCH3 is 1. The molecule has 1 aliphatic heterocycles. The largest absolute Gasteiger partial charge is 0.493 e.